The maximum absolute atomic E-state index is 10.7. The third kappa shape index (κ3) is 3.61. The second-order valence-electron chi connectivity index (χ2n) is 4.54. The Morgan fingerprint density at radius 3 is 2.84 bits per heavy atom. The van der Waals surface area contributed by atoms with Crippen molar-refractivity contribution in [2.45, 2.75) is 26.2 Å². The van der Waals surface area contributed by atoms with Crippen LogP contribution >= 0.6 is 0 Å². The molecule has 4 nitrogen and oxygen atoms in total. The third-order valence-electron chi connectivity index (χ3n) is 2.97. The molecule has 2 N–H and O–H groups in total. The number of aryl methyl sites for hydroxylation is 2. The average Bonchev–Trinajstić information content (AvgIpc) is 2.39. The monoisotopic (exact) mass is 255 g/mol. The predicted molar refractivity (Wildman–Crippen MR) is 74.3 cm³/mol. The van der Waals surface area contributed by atoms with Crippen LogP contribution in [0.15, 0.2) is 36.7 Å². The Hall–Kier alpha value is -2.23. The van der Waals surface area contributed by atoms with Crippen LogP contribution in [0.2, 0.25) is 0 Å². The van der Waals surface area contributed by atoms with Gasteiger partial charge in [0.1, 0.15) is 0 Å². The fourth-order valence-corrected chi connectivity index (χ4v) is 1.98. The van der Waals surface area contributed by atoms with Crippen molar-refractivity contribution in [3.05, 3.63) is 47.8 Å². The van der Waals surface area contributed by atoms with Gasteiger partial charge in [-0.25, -0.2) is 0 Å². The number of nitrogens with zero attached hydrogens (tertiary/aromatic N) is 2. The molecule has 19 heavy (non-hydrogen) atoms. The van der Waals surface area contributed by atoms with Gasteiger partial charge in [0.15, 0.2) is 0 Å². The highest BCUT2D eigenvalue weighted by Crippen LogP contribution is 2.19. The Balaban J connectivity index is 2.15. The molecule has 0 aliphatic carbocycles. The molecule has 2 rings (SSSR count). The van der Waals surface area contributed by atoms with Gasteiger partial charge in [0.25, 0.3) is 0 Å². The lowest BCUT2D eigenvalue weighted by Crippen LogP contribution is -2.10. The second kappa shape index (κ2) is 6.09. The number of rotatable bonds is 5. The van der Waals surface area contributed by atoms with Crippen LogP contribution in [0, 0.1) is 6.92 Å². The van der Waals surface area contributed by atoms with Crippen molar-refractivity contribution in [2.24, 2.45) is 5.73 Å². The summed E-state index contributed by atoms with van der Waals surface area (Å²) in [6, 6.07) is 7.92. The second-order valence-corrected chi connectivity index (χ2v) is 4.54. The van der Waals surface area contributed by atoms with Crippen molar-refractivity contribution in [3.63, 3.8) is 0 Å². The Kier molecular flexibility index (Phi) is 4.23. The lowest BCUT2D eigenvalue weighted by atomic mass is 10.1. The van der Waals surface area contributed by atoms with Crippen molar-refractivity contribution in [1.29, 1.82) is 0 Å². The number of amides is 1. The molecule has 98 valence electrons. The van der Waals surface area contributed by atoms with Gasteiger partial charge in [0.05, 0.1) is 11.4 Å². The highest BCUT2D eigenvalue weighted by Gasteiger charge is 2.05. The molecule has 0 bridgehead atoms. The molecule has 2 heterocycles. The molecule has 0 spiro atoms. The average molecular weight is 255 g/mol. The number of hydrogen-bond acceptors (Lipinski definition) is 3. The molecule has 0 aromatic carbocycles. The lowest BCUT2D eigenvalue weighted by Gasteiger charge is -2.06. The molecule has 0 aliphatic rings. The first-order chi connectivity index (χ1) is 9.16. The number of pyridine rings is 2. The molecular weight excluding hydrogens is 238 g/mol. The Morgan fingerprint density at radius 1 is 1.26 bits per heavy atom. The van der Waals surface area contributed by atoms with Gasteiger partial charge in [-0.1, -0.05) is 6.07 Å². The Labute approximate surface area is 112 Å². The van der Waals surface area contributed by atoms with Crippen LogP contribution in [0.3, 0.4) is 0 Å². The van der Waals surface area contributed by atoms with Crippen LogP contribution in [0.5, 0.6) is 0 Å². The summed E-state index contributed by atoms with van der Waals surface area (Å²) >= 11 is 0. The zero-order chi connectivity index (χ0) is 13.7. The summed E-state index contributed by atoms with van der Waals surface area (Å²) < 4.78 is 0. The molecule has 0 radical (unpaired) electrons. The van der Waals surface area contributed by atoms with Gasteiger partial charge < -0.3 is 5.73 Å². The molecule has 0 unspecified atom stereocenters. The van der Waals surface area contributed by atoms with E-state index in [4.69, 9.17) is 5.73 Å². The highest BCUT2D eigenvalue weighted by atomic mass is 16.1. The van der Waals surface area contributed by atoms with Crippen molar-refractivity contribution in [2.75, 3.05) is 0 Å². The summed E-state index contributed by atoms with van der Waals surface area (Å²) in [4.78, 5) is 19.4. The summed E-state index contributed by atoms with van der Waals surface area (Å²) in [5.74, 6) is -0.255. The highest BCUT2D eigenvalue weighted by molar-refractivity contribution is 5.73. The number of hydrogen-bond donors (Lipinski definition) is 1. The fourth-order valence-electron chi connectivity index (χ4n) is 1.98. The largest absolute Gasteiger partial charge is 0.370 e. The summed E-state index contributed by atoms with van der Waals surface area (Å²) in [6.07, 6.45) is 5.55. The first-order valence-corrected chi connectivity index (χ1v) is 6.32. The topological polar surface area (TPSA) is 68.9 Å². The van der Waals surface area contributed by atoms with E-state index in [0.29, 0.717) is 6.42 Å². The van der Waals surface area contributed by atoms with Crippen LogP contribution in [0.25, 0.3) is 11.4 Å². The molecular formula is C15H17N3O. The molecule has 2 aromatic rings. The van der Waals surface area contributed by atoms with Gasteiger partial charge >= 0.3 is 0 Å². The van der Waals surface area contributed by atoms with E-state index in [1.165, 1.54) is 0 Å². The minimum Gasteiger partial charge on any atom is -0.370 e. The number of nitrogens with two attached hydrogens (primary N) is 1. The van der Waals surface area contributed by atoms with Crippen molar-refractivity contribution in [1.82, 2.24) is 9.97 Å². The fraction of sp³-hybridized carbons (Fsp3) is 0.267. The van der Waals surface area contributed by atoms with Crippen LogP contribution in [-0.2, 0) is 11.2 Å². The van der Waals surface area contributed by atoms with Crippen molar-refractivity contribution < 1.29 is 4.79 Å². The van der Waals surface area contributed by atoms with Gasteiger partial charge in [-0.3, -0.25) is 14.8 Å². The van der Waals surface area contributed by atoms with Crippen LogP contribution in [-0.4, -0.2) is 15.9 Å². The van der Waals surface area contributed by atoms with Crippen LogP contribution < -0.4 is 5.73 Å². The van der Waals surface area contributed by atoms with Gasteiger partial charge in [0, 0.05) is 18.8 Å². The normalized spacial score (nSPS) is 10.4. The molecule has 2 aromatic heterocycles. The van der Waals surface area contributed by atoms with Gasteiger partial charge in [-0.05, 0) is 49.1 Å². The zero-order valence-electron chi connectivity index (χ0n) is 11.0. The molecule has 0 fully saturated rings. The number of primary amides is 1. The Morgan fingerprint density at radius 2 is 2.11 bits per heavy atom. The SMILES string of the molecule is Cc1cccnc1-c1cc(CCCC(N)=O)ccn1. The first kappa shape index (κ1) is 13.2. The van der Waals surface area contributed by atoms with E-state index in [9.17, 15) is 4.79 Å². The Bertz CT molecular complexity index is 581. The minimum absolute atomic E-state index is 0.255. The third-order valence-corrected chi connectivity index (χ3v) is 2.97. The number of carbonyl (C=O) groups excluding carboxylic acids is 1. The van der Waals surface area contributed by atoms with E-state index in [1.54, 1.807) is 12.4 Å². The molecule has 1 amide bonds. The quantitative estimate of drug-likeness (QED) is 0.891. The van der Waals surface area contributed by atoms with Gasteiger partial charge in [-0.2, -0.15) is 0 Å². The first-order valence-electron chi connectivity index (χ1n) is 6.32. The van der Waals surface area contributed by atoms with Crippen LogP contribution in [0.4, 0.5) is 0 Å². The van der Waals surface area contributed by atoms with E-state index in [2.05, 4.69) is 9.97 Å². The maximum atomic E-state index is 10.7. The summed E-state index contributed by atoms with van der Waals surface area (Å²) in [7, 11) is 0. The molecule has 0 saturated heterocycles. The van der Waals surface area contributed by atoms with E-state index < -0.39 is 0 Å². The van der Waals surface area contributed by atoms with E-state index >= 15 is 0 Å². The maximum Gasteiger partial charge on any atom is 0.217 e. The molecule has 4 heteroatoms. The number of carbonyl (C=O) groups is 1. The van der Waals surface area contributed by atoms with Crippen LogP contribution in [0.1, 0.15) is 24.0 Å². The summed E-state index contributed by atoms with van der Waals surface area (Å²) in [5, 5.41) is 0. The van der Waals surface area contributed by atoms with Crippen molar-refractivity contribution >= 4 is 5.91 Å². The molecule has 0 saturated carbocycles. The smallest absolute Gasteiger partial charge is 0.217 e. The summed E-state index contributed by atoms with van der Waals surface area (Å²) in [6.45, 7) is 2.02. The van der Waals surface area contributed by atoms with E-state index in [0.717, 1.165) is 35.4 Å². The number of aromatic nitrogens is 2. The summed E-state index contributed by atoms with van der Waals surface area (Å²) in [5.41, 5.74) is 9.16. The van der Waals surface area contributed by atoms with Gasteiger partial charge in [0.2, 0.25) is 5.91 Å². The lowest BCUT2D eigenvalue weighted by molar-refractivity contribution is -0.118. The standard InChI is InChI=1S/C15H17N3O/c1-11-4-3-8-18-15(11)13-10-12(7-9-17-13)5-2-6-14(16)19/h3-4,7-10H,2,5-6H2,1H3,(H2,16,19). The molecule has 0 atom stereocenters. The van der Waals surface area contributed by atoms with E-state index in [-0.39, 0.29) is 5.91 Å². The minimum atomic E-state index is -0.255. The van der Waals surface area contributed by atoms with E-state index in [1.807, 2.05) is 31.2 Å². The predicted octanol–water partition coefficient (Wildman–Crippen LogP) is 2.26. The van der Waals surface area contributed by atoms with Gasteiger partial charge in [-0.15, -0.1) is 0 Å². The zero-order valence-corrected chi connectivity index (χ0v) is 11.0. The molecule has 0 aliphatic heterocycles. The van der Waals surface area contributed by atoms with Crippen molar-refractivity contribution in [3.8, 4) is 11.4 Å².